The number of hydrogen-bond acceptors (Lipinski definition) is 4. The van der Waals surface area contributed by atoms with Crippen LogP contribution in [0.15, 0.2) is 22.7 Å². The van der Waals surface area contributed by atoms with Crippen molar-refractivity contribution in [3.8, 4) is 5.75 Å². The molecule has 0 heterocycles. The first-order valence-electron chi connectivity index (χ1n) is 5.38. The molecule has 0 saturated carbocycles. The first-order chi connectivity index (χ1) is 8.54. The van der Waals surface area contributed by atoms with Crippen molar-refractivity contribution >= 4 is 27.5 Å². The minimum absolute atomic E-state index is 0.0374. The van der Waals surface area contributed by atoms with Gasteiger partial charge in [0.2, 0.25) is 0 Å². The highest BCUT2D eigenvalue weighted by Gasteiger charge is 2.10. The Morgan fingerprint density at radius 2 is 2.28 bits per heavy atom. The second kappa shape index (κ2) is 6.95. The average molecular weight is 317 g/mol. The lowest BCUT2D eigenvalue weighted by Crippen LogP contribution is -2.29. The fourth-order valence-corrected chi connectivity index (χ4v) is 1.66. The molecule has 98 valence electrons. The van der Waals surface area contributed by atoms with Gasteiger partial charge in [0.15, 0.2) is 6.61 Å². The van der Waals surface area contributed by atoms with Gasteiger partial charge in [0.05, 0.1) is 9.40 Å². The van der Waals surface area contributed by atoms with E-state index in [1.165, 1.54) is 18.2 Å². The third-order valence-corrected chi connectivity index (χ3v) is 2.68. The summed E-state index contributed by atoms with van der Waals surface area (Å²) in [7, 11) is 0. The summed E-state index contributed by atoms with van der Waals surface area (Å²) in [5, 5.41) is 13.2. The van der Waals surface area contributed by atoms with Crippen LogP contribution in [0.3, 0.4) is 0 Å². The van der Waals surface area contributed by atoms with Crippen LogP contribution >= 0.6 is 15.9 Å². The number of nitro benzene ring substituents is 1. The van der Waals surface area contributed by atoms with E-state index in [-0.39, 0.29) is 18.2 Å². The van der Waals surface area contributed by atoms with Crippen LogP contribution in [0.25, 0.3) is 0 Å². The van der Waals surface area contributed by atoms with Gasteiger partial charge >= 0.3 is 0 Å². The molecule has 0 spiro atoms. The molecular formula is C11H13BrN2O4. The van der Waals surface area contributed by atoms with Crippen LogP contribution in [0, 0.1) is 10.1 Å². The van der Waals surface area contributed by atoms with Gasteiger partial charge in [-0.15, -0.1) is 0 Å². The van der Waals surface area contributed by atoms with Gasteiger partial charge in [-0.3, -0.25) is 14.9 Å². The Bertz CT molecular complexity index is 451. The summed E-state index contributed by atoms with van der Waals surface area (Å²) >= 11 is 3.16. The number of rotatable bonds is 6. The van der Waals surface area contributed by atoms with Gasteiger partial charge < -0.3 is 10.1 Å². The fourth-order valence-electron chi connectivity index (χ4n) is 1.18. The van der Waals surface area contributed by atoms with E-state index in [4.69, 9.17) is 4.74 Å². The van der Waals surface area contributed by atoms with Gasteiger partial charge in [-0.25, -0.2) is 0 Å². The zero-order valence-corrected chi connectivity index (χ0v) is 11.4. The number of nitro groups is 1. The van der Waals surface area contributed by atoms with Crippen LogP contribution in [0.2, 0.25) is 0 Å². The summed E-state index contributed by atoms with van der Waals surface area (Å²) in [5.41, 5.74) is -0.0374. The molecule has 1 amide bonds. The zero-order valence-electron chi connectivity index (χ0n) is 9.81. The number of nitrogens with one attached hydrogen (secondary N) is 1. The van der Waals surface area contributed by atoms with E-state index in [2.05, 4.69) is 21.2 Å². The number of nitrogens with zero attached hydrogens (tertiary/aromatic N) is 1. The highest BCUT2D eigenvalue weighted by molar-refractivity contribution is 9.10. The predicted molar refractivity (Wildman–Crippen MR) is 69.6 cm³/mol. The maximum atomic E-state index is 11.3. The Kier molecular flexibility index (Phi) is 5.57. The van der Waals surface area contributed by atoms with E-state index < -0.39 is 4.92 Å². The van der Waals surface area contributed by atoms with E-state index in [1.807, 2.05) is 6.92 Å². The summed E-state index contributed by atoms with van der Waals surface area (Å²) in [5.74, 6) is 0.175. The average Bonchev–Trinajstić information content (AvgIpc) is 2.34. The first kappa shape index (κ1) is 14.4. The Labute approximate surface area is 113 Å². The van der Waals surface area contributed by atoms with Crippen LogP contribution in [-0.4, -0.2) is 24.0 Å². The number of carbonyl (C=O) groups excluding carboxylic acids is 1. The second-order valence-electron chi connectivity index (χ2n) is 3.51. The number of non-ortho nitro benzene ring substituents is 1. The van der Waals surface area contributed by atoms with Gasteiger partial charge in [-0.1, -0.05) is 6.92 Å². The molecule has 6 nitrogen and oxygen atoms in total. The lowest BCUT2D eigenvalue weighted by atomic mass is 10.3. The van der Waals surface area contributed by atoms with Crippen molar-refractivity contribution in [1.82, 2.24) is 5.32 Å². The highest BCUT2D eigenvalue weighted by Crippen LogP contribution is 2.28. The normalized spacial score (nSPS) is 9.89. The van der Waals surface area contributed by atoms with Crippen LogP contribution in [0.5, 0.6) is 5.75 Å². The minimum atomic E-state index is -0.498. The molecule has 0 radical (unpaired) electrons. The second-order valence-corrected chi connectivity index (χ2v) is 4.36. The zero-order chi connectivity index (χ0) is 13.5. The Balaban J connectivity index is 2.58. The van der Waals surface area contributed by atoms with Crippen molar-refractivity contribution in [2.45, 2.75) is 13.3 Å². The molecule has 0 aliphatic heterocycles. The van der Waals surface area contributed by atoms with Gasteiger partial charge in [0.25, 0.3) is 11.6 Å². The van der Waals surface area contributed by atoms with Crippen molar-refractivity contribution in [3.63, 3.8) is 0 Å². The van der Waals surface area contributed by atoms with E-state index in [9.17, 15) is 14.9 Å². The Morgan fingerprint density at radius 1 is 1.56 bits per heavy atom. The molecule has 0 unspecified atom stereocenters. The molecule has 0 aromatic heterocycles. The molecule has 1 N–H and O–H groups in total. The summed E-state index contributed by atoms with van der Waals surface area (Å²) in [6, 6.07) is 4.11. The van der Waals surface area contributed by atoms with Crippen molar-refractivity contribution in [2.75, 3.05) is 13.2 Å². The van der Waals surface area contributed by atoms with Gasteiger partial charge in [0.1, 0.15) is 5.75 Å². The quantitative estimate of drug-likeness (QED) is 0.644. The molecular weight excluding hydrogens is 304 g/mol. The maximum Gasteiger partial charge on any atom is 0.270 e. The van der Waals surface area contributed by atoms with Crippen LogP contribution in [0.1, 0.15) is 13.3 Å². The lowest BCUT2D eigenvalue weighted by molar-refractivity contribution is -0.384. The van der Waals surface area contributed by atoms with Crippen molar-refractivity contribution in [3.05, 3.63) is 32.8 Å². The first-order valence-corrected chi connectivity index (χ1v) is 6.17. The smallest absolute Gasteiger partial charge is 0.270 e. The number of halogens is 1. The van der Waals surface area contributed by atoms with Crippen LogP contribution in [-0.2, 0) is 4.79 Å². The van der Waals surface area contributed by atoms with Crippen molar-refractivity contribution in [1.29, 1.82) is 0 Å². The SMILES string of the molecule is CCCNC(=O)COc1ccc([N+](=O)[O-])cc1Br. The van der Waals surface area contributed by atoms with E-state index >= 15 is 0 Å². The number of hydrogen-bond donors (Lipinski definition) is 1. The molecule has 7 heteroatoms. The third-order valence-electron chi connectivity index (χ3n) is 2.06. The summed E-state index contributed by atoms with van der Waals surface area (Å²) in [6.45, 7) is 2.44. The minimum Gasteiger partial charge on any atom is -0.483 e. The van der Waals surface area contributed by atoms with Gasteiger partial charge in [-0.05, 0) is 28.4 Å². The monoisotopic (exact) mass is 316 g/mol. The largest absolute Gasteiger partial charge is 0.483 e. The molecule has 1 aromatic carbocycles. The topological polar surface area (TPSA) is 81.5 Å². The van der Waals surface area contributed by atoms with Crippen LogP contribution in [0.4, 0.5) is 5.69 Å². The molecule has 18 heavy (non-hydrogen) atoms. The maximum absolute atomic E-state index is 11.3. The molecule has 0 aliphatic rings. The highest BCUT2D eigenvalue weighted by atomic mass is 79.9. The predicted octanol–water partition coefficient (Wildman–Crippen LogP) is 2.26. The molecule has 0 atom stereocenters. The Hall–Kier alpha value is -1.63. The summed E-state index contributed by atoms with van der Waals surface area (Å²) < 4.78 is 5.69. The van der Waals surface area contributed by atoms with Crippen LogP contribution < -0.4 is 10.1 Å². The molecule has 1 rings (SSSR count). The number of ether oxygens (including phenoxy) is 1. The lowest BCUT2D eigenvalue weighted by Gasteiger charge is -2.08. The van der Waals surface area contributed by atoms with E-state index in [0.29, 0.717) is 16.8 Å². The molecule has 0 saturated heterocycles. The van der Waals surface area contributed by atoms with E-state index in [0.717, 1.165) is 6.42 Å². The van der Waals surface area contributed by atoms with Crippen molar-refractivity contribution in [2.24, 2.45) is 0 Å². The van der Waals surface area contributed by atoms with Gasteiger partial charge in [0, 0.05) is 18.7 Å². The fraction of sp³-hybridized carbons (Fsp3) is 0.364. The molecule has 0 aliphatic carbocycles. The number of amides is 1. The number of carbonyl (C=O) groups is 1. The van der Waals surface area contributed by atoms with Crippen molar-refractivity contribution < 1.29 is 14.5 Å². The Morgan fingerprint density at radius 3 is 2.83 bits per heavy atom. The third kappa shape index (κ3) is 4.33. The molecule has 0 bridgehead atoms. The van der Waals surface area contributed by atoms with Gasteiger partial charge in [-0.2, -0.15) is 0 Å². The van der Waals surface area contributed by atoms with E-state index in [1.54, 1.807) is 0 Å². The summed E-state index contributed by atoms with van der Waals surface area (Å²) in [4.78, 5) is 21.3. The molecule has 0 fully saturated rings. The standard InChI is InChI=1S/C11H13BrN2O4/c1-2-5-13-11(15)7-18-10-4-3-8(14(16)17)6-9(10)12/h3-4,6H,2,5,7H2,1H3,(H,13,15). The molecule has 1 aromatic rings. The summed E-state index contributed by atoms with van der Waals surface area (Å²) in [6.07, 6.45) is 0.854. The number of benzene rings is 1.